The second kappa shape index (κ2) is 8.07. The summed E-state index contributed by atoms with van der Waals surface area (Å²) in [6.45, 7) is 1.21. The van der Waals surface area contributed by atoms with Gasteiger partial charge in [0.15, 0.2) is 0 Å². The van der Waals surface area contributed by atoms with Crippen LogP contribution in [0.5, 0.6) is 5.75 Å². The van der Waals surface area contributed by atoms with Crippen molar-refractivity contribution in [3.05, 3.63) is 48.0 Å². The van der Waals surface area contributed by atoms with E-state index in [9.17, 15) is 18.0 Å². The van der Waals surface area contributed by atoms with Crippen LogP contribution < -0.4 is 4.74 Å². The third-order valence-corrected chi connectivity index (χ3v) is 4.39. The SMILES string of the molecule is COC(=O)c1cc(N=Nc2ccc(S(=O)(=O)Cl)cc2)ccc1OC(C)=O. The van der Waals surface area contributed by atoms with Gasteiger partial charge in [0.1, 0.15) is 11.3 Å². The summed E-state index contributed by atoms with van der Waals surface area (Å²) >= 11 is 0. The normalized spacial score (nSPS) is 11.3. The predicted octanol–water partition coefficient (Wildman–Crippen LogP) is 3.74. The fourth-order valence-electron chi connectivity index (χ4n) is 1.88. The Morgan fingerprint density at radius 2 is 1.58 bits per heavy atom. The summed E-state index contributed by atoms with van der Waals surface area (Å²) in [6, 6.07) is 9.67. The van der Waals surface area contributed by atoms with E-state index in [-0.39, 0.29) is 16.2 Å². The number of hydrogen-bond donors (Lipinski definition) is 0. The average molecular weight is 397 g/mol. The fraction of sp³-hybridized carbons (Fsp3) is 0.125. The van der Waals surface area contributed by atoms with Gasteiger partial charge >= 0.3 is 11.9 Å². The van der Waals surface area contributed by atoms with Crippen molar-refractivity contribution in [2.45, 2.75) is 11.8 Å². The molecule has 0 atom stereocenters. The summed E-state index contributed by atoms with van der Waals surface area (Å²) in [5.74, 6) is -1.24. The number of carbonyl (C=O) groups is 2. The van der Waals surface area contributed by atoms with Crippen molar-refractivity contribution < 1.29 is 27.5 Å². The molecule has 0 aliphatic carbocycles. The van der Waals surface area contributed by atoms with Gasteiger partial charge in [-0.15, -0.1) is 0 Å². The van der Waals surface area contributed by atoms with Crippen LogP contribution in [-0.2, 0) is 18.6 Å². The molecule has 26 heavy (non-hydrogen) atoms. The maximum atomic E-state index is 11.8. The van der Waals surface area contributed by atoms with Gasteiger partial charge in [-0.1, -0.05) is 0 Å². The van der Waals surface area contributed by atoms with E-state index in [4.69, 9.17) is 15.4 Å². The summed E-state index contributed by atoms with van der Waals surface area (Å²) in [4.78, 5) is 22.9. The zero-order valence-electron chi connectivity index (χ0n) is 13.7. The first-order valence-electron chi connectivity index (χ1n) is 7.08. The first kappa shape index (κ1) is 19.5. The Balaban J connectivity index is 2.30. The zero-order chi connectivity index (χ0) is 19.3. The highest BCUT2D eigenvalue weighted by Gasteiger charge is 2.15. The highest BCUT2D eigenvalue weighted by atomic mass is 35.7. The van der Waals surface area contributed by atoms with Crippen LogP contribution in [0.1, 0.15) is 17.3 Å². The summed E-state index contributed by atoms with van der Waals surface area (Å²) in [5.41, 5.74) is 0.691. The average Bonchev–Trinajstić information content (AvgIpc) is 2.59. The van der Waals surface area contributed by atoms with Crippen molar-refractivity contribution in [3.8, 4) is 5.75 Å². The highest BCUT2D eigenvalue weighted by Crippen LogP contribution is 2.27. The van der Waals surface area contributed by atoms with Crippen molar-refractivity contribution >= 4 is 43.0 Å². The summed E-state index contributed by atoms with van der Waals surface area (Å²) < 4.78 is 32.0. The van der Waals surface area contributed by atoms with Gasteiger partial charge in [0.05, 0.1) is 23.4 Å². The molecule has 0 amide bonds. The maximum absolute atomic E-state index is 11.8. The van der Waals surface area contributed by atoms with Gasteiger partial charge in [-0.2, -0.15) is 10.2 Å². The molecule has 0 N–H and O–H groups in total. The predicted molar refractivity (Wildman–Crippen MR) is 92.7 cm³/mol. The molecule has 0 heterocycles. The number of benzene rings is 2. The highest BCUT2D eigenvalue weighted by molar-refractivity contribution is 8.13. The van der Waals surface area contributed by atoms with E-state index in [1.54, 1.807) is 0 Å². The van der Waals surface area contributed by atoms with Gasteiger partial charge in [-0.05, 0) is 42.5 Å². The van der Waals surface area contributed by atoms with Gasteiger partial charge in [0.25, 0.3) is 9.05 Å². The third kappa shape index (κ3) is 5.11. The van der Waals surface area contributed by atoms with Crippen LogP contribution in [0.2, 0.25) is 0 Å². The second-order valence-electron chi connectivity index (χ2n) is 4.90. The Kier molecular flexibility index (Phi) is 6.06. The van der Waals surface area contributed by atoms with E-state index < -0.39 is 21.0 Å². The molecule has 0 aliphatic heterocycles. The molecule has 0 saturated carbocycles. The smallest absolute Gasteiger partial charge is 0.341 e. The molecule has 2 aromatic rings. The second-order valence-corrected chi connectivity index (χ2v) is 7.46. The molecule has 2 rings (SSSR count). The fourth-order valence-corrected chi connectivity index (χ4v) is 2.65. The van der Waals surface area contributed by atoms with Crippen LogP contribution in [-0.4, -0.2) is 27.5 Å². The molecule has 136 valence electrons. The number of halogens is 1. The van der Waals surface area contributed by atoms with Crippen molar-refractivity contribution in [2.75, 3.05) is 7.11 Å². The Morgan fingerprint density at radius 3 is 2.12 bits per heavy atom. The molecule has 2 aromatic carbocycles. The molecular formula is C16H13ClN2O6S. The lowest BCUT2D eigenvalue weighted by molar-refractivity contribution is -0.131. The minimum atomic E-state index is -3.81. The van der Waals surface area contributed by atoms with E-state index in [1.165, 1.54) is 56.5 Å². The van der Waals surface area contributed by atoms with Crippen LogP contribution in [0.3, 0.4) is 0 Å². The molecule has 0 aliphatic rings. The number of rotatable bonds is 5. The lowest BCUT2D eigenvalue weighted by Gasteiger charge is -2.07. The number of esters is 2. The zero-order valence-corrected chi connectivity index (χ0v) is 15.2. The number of ether oxygens (including phenoxy) is 2. The first-order valence-corrected chi connectivity index (χ1v) is 9.39. The van der Waals surface area contributed by atoms with E-state index in [0.29, 0.717) is 11.4 Å². The number of carbonyl (C=O) groups excluding carboxylic acids is 2. The molecule has 0 radical (unpaired) electrons. The van der Waals surface area contributed by atoms with Crippen LogP contribution in [0.15, 0.2) is 57.6 Å². The summed E-state index contributed by atoms with van der Waals surface area (Å²) in [5, 5.41) is 7.90. The molecule has 0 unspecified atom stereocenters. The van der Waals surface area contributed by atoms with Gasteiger partial charge in [0, 0.05) is 17.6 Å². The molecule has 0 bridgehead atoms. The largest absolute Gasteiger partial charge is 0.465 e. The first-order chi connectivity index (χ1) is 12.2. The molecule has 0 saturated heterocycles. The van der Waals surface area contributed by atoms with Gasteiger partial charge in [-0.25, -0.2) is 13.2 Å². The summed E-state index contributed by atoms with van der Waals surface area (Å²) in [6.07, 6.45) is 0. The Hall–Kier alpha value is -2.78. The van der Waals surface area contributed by atoms with Gasteiger partial charge < -0.3 is 9.47 Å². The van der Waals surface area contributed by atoms with Crippen molar-refractivity contribution in [1.29, 1.82) is 0 Å². The molecule has 0 aromatic heterocycles. The van der Waals surface area contributed by atoms with Crippen LogP contribution in [0, 0.1) is 0 Å². The molecule has 0 spiro atoms. The number of hydrogen-bond acceptors (Lipinski definition) is 8. The van der Waals surface area contributed by atoms with E-state index in [0.717, 1.165) is 0 Å². The minimum Gasteiger partial charge on any atom is -0.465 e. The summed E-state index contributed by atoms with van der Waals surface area (Å²) in [7, 11) is 2.62. The van der Waals surface area contributed by atoms with Gasteiger partial charge in [-0.3, -0.25) is 4.79 Å². The molecule has 0 fully saturated rings. The lowest BCUT2D eigenvalue weighted by Crippen LogP contribution is -2.08. The third-order valence-electron chi connectivity index (χ3n) is 3.02. The van der Waals surface area contributed by atoms with E-state index >= 15 is 0 Å². The topological polar surface area (TPSA) is 111 Å². The minimum absolute atomic E-state index is 0.0164. The van der Waals surface area contributed by atoms with Crippen molar-refractivity contribution in [1.82, 2.24) is 0 Å². The Bertz CT molecular complexity index is 971. The quantitative estimate of drug-likeness (QED) is 0.329. The lowest BCUT2D eigenvalue weighted by atomic mass is 10.2. The van der Waals surface area contributed by atoms with Crippen molar-refractivity contribution in [3.63, 3.8) is 0 Å². The molecule has 10 heteroatoms. The molecular weight excluding hydrogens is 384 g/mol. The van der Waals surface area contributed by atoms with Crippen LogP contribution in [0.4, 0.5) is 11.4 Å². The maximum Gasteiger partial charge on any atom is 0.341 e. The van der Waals surface area contributed by atoms with E-state index in [2.05, 4.69) is 15.0 Å². The van der Waals surface area contributed by atoms with E-state index in [1.807, 2.05) is 0 Å². The number of azo groups is 1. The molecule has 8 nitrogen and oxygen atoms in total. The standard InChI is InChI=1S/C16H13ClN2O6S/c1-10(20)25-15-8-5-12(9-14(15)16(21)24-2)19-18-11-3-6-13(7-4-11)26(17,22)23/h3-9H,1-2H3. The van der Waals surface area contributed by atoms with Gasteiger partial charge in [0.2, 0.25) is 0 Å². The Morgan fingerprint density at radius 1 is 1.00 bits per heavy atom. The number of nitrogens with zero attached hydrogens (tertiary/aromatic N) is 2. The Labute approximate surface area is 153 Å². The van der Waals surface area contributed by atoms with Crippen LogP contribution in [0.25, 0.3) is 0 Å². The van der Waals surface area contributed by atoms with Crippen LogP contribution >= 0.6 is 10.7 Å². The van der Waals surface area contributed by atoms with Crippen molar-refractivity contribution in [2.24, 2.45) is 10.2 Å². The number of methoxy groups -OCH3 is 1. The monoisotopic (exact) mass is 396 g/mol.